The number of benzene rings is 1. The van der Waals surface area contributed by atoms with Crippen molar-refractivity contribution >= 4 is 6.08 Å². The lowest BCUT2D eigenvalue weighted by atomic mass is 9.99. The summed E-state index contributed by atoms with van der Waals surface area (Å²) in [5.74, 6) is 0. The Labute approximate surface area is 86.6 Å². The molecular weight excluding hydrogens is 170 g/mol. The van der Waals surface area contributed by atoms with Gasteiger partial charge in [-0.25, -0.2) is 0 Å². The van der Waals surface area contributed by atoms with Gasteiger partial charge in [0.1, 0.15) is 0 Å². The second-order valence-electron chi connectivity index (χ2n) is 3.99. The van der Waals surface area contributed by atoms with Gasteiger partial charge < -0.3 is 5.73 Å². The summed E-state index contributed by atoms with van der Waals surface area (Å²) in [7, 11) is 0. The number of hydrogen-bond acceptors (Lipinski definition) is 1. The highest BCUT2D eigenvalue weighted by atomic mass is 14.5. The van der Waals surface area contributed by atoms with Gasteiger partial charge in [0, 0.05) is 6.54 Å². The van der Waals surface area contributed by atoms with E-state index < -0.39 is 0 Å². The molecule has 0 spiro atoms. The monoisotopic (exact) mass is 189 g/mol. The van der Waals surface area contributed by atoms with Crippen molar-refractivity contribution in [3.8, 4) is 0 Å². The normalized spacial score (nSPS) is 11.9. The van der Waals surface area contributed by atoms with E-state index in [9.17, 15) is 0 Å². The summed E-state index contributed by atoms with van der Waals surface area (Å²) in [4.78, 5) is 0. The molecule has 0 atom stereocenters. The van der Waals surface area contributed by atoms with E-state index in [1.54, 1.807) is 0 Å². The highest BCUT2D eigenvalue weighted by Crippen LogP contribution is 2.17. The molecular formula is C13H19N. The van der Waals surface area contributed by atoms with Crippen molar-refractivity contribution in [2.75, 3.05) is 6.54 Å². The topological polar surface area (TPSA) is 26.0 Å². The zero-order valence-corrected chi connectivity index (χ0v) is 9.52. The number of aryl methyl sites for hydroxylation is 3. The predicted octanol–water partition coefficient (Wildman–Crippen LogP) is 2.97. The Morgan fingerprint density at radius 3 is 2.29 bits per heavy atom. The van der Waals surface area contributed by atoms with Crippen molar-refractivity contribution in [2.45, 2.75) is 27.7 Å². The van der Waals surface area contributed by atoms with Gasteiger partial charge in [0.25, 0.3) is 0 Å². The van der Waals surface area contributed by atoms with Gasteiger partial charge in [-0.15, -0.1) is 0 Å². The van der Waals surface area contributed by atoms with Gasteiger partial charge in [-0.05, 0) is 49.9 Å². The molecule has 0 fully saturated rings. The van der Waals surface area contributed by atoms with E-state index >= 15 is 0 Å². The van der Waals surface area contributed by atoms with Crippen molar-refractivity contribution in [3.05, 3.63) is 40.0 Å². The third kappa shape index (κ3) is 2.46. The van der Waals surface area contributed by atoms with Crippen molar-refractivity contribution in [2.24, 2.45) is 5.73 Å². The minimum atomic E-state index is 0.631. The van der Waals surface area contributed by atoms with E-state index in [2.05, 4.69) is 45.9 Å². The Bertz CT molecular complexity index is 362. The van der Waals surface area contributed by atoms with Crippen LogP contribution in [0, 0.1) is 20.8 Å². The average Bonchev–Trinajstić information content (AvgIpc) is 2.14. The van der Waals surface area contributed by atoms with Crippen LogP contribution >= 0.6 is 0 Å². The van der Waals surface area contributed by atoms with Crippen LogP contribution in [-0.4, -0.2) is 6.54 Å². The standard InChI is InChI=1S/C13H19N/c1-9(8-14)5-13-7-11(3)10(2)6-12(13)4/h5-7H,8,14H2,1-4H3. The Morgan fingerprint density at radius 2 is 1.71 bits per heavy atom. The highest BCUT2D eigenvalue weighted by molar-refractivity contribution is 5.58. The van der Waals surface area contributed by atoms with Crippen molar-refractivity contribution in [1.82, 2.24) is 0 Å². The van der Waals surface area contributed by atoms with Crippen LogP contribution in [0.15, 0.2) is 17.7 Å². The summed E-state index contributed by atoms with van der Waals surface area (Å²) in [5, 5.41) is 0. The fourth-order valence-electron chi connectivity index (χ4n) is 1.46. The van der Waals surface area contributed by atoms with Crippen LogP contribution in [0.2, 0.25) is 0 Å². The molecule has 76 valence electrons. The summed E-state index contributed by atoms with van der Waals surface area (Å²) >= 11 is 0. The molecule has 1 aromatic rings. The van der Waals surface area contributed by atoms with Gasteiger partial charge >= 0.3 is 0 Å². The van der Waals surface area contributed by atoms with Gasteiger partial charge in [0.2, 0.25) is 0 Å². The maximum atomic E-state index is 5.57. The second-order valence-corrected chi connectivity index (χ2v) is 3.99. The molecule has 0 amide bonds. The van der Waals surface area contributed by atoms with Crippen LogP contribution in [0.1, 0.15) is 29.2 Å². The molecule has 0 saturated heterocycles. The van der Waals surface area contributed by atoms with Crippen molar-refractivity contribution in [1.29, 1.82) is 0 Å². The van der Waals surface area contributed by atoms with Crippen LogP contribution in [0.5, 0.6) is 0 Å². The second kappa shape index (κ2) is 4.43. The first-order chi connectivity index (χ1) is 6.54. The summed E-state index contributed by atoms with van der Waals surface area (Å²) < 4.78 is 0. The molecule has 1 aromatic carbocycles. The van der Waals surface area contributed by atoms with Crippen LogP contribution < -0.4 is 5.73 Å². The lowest BCUT2D eigenvalue weighted by molar-refractivity contribution is 1.15. The van der Waals surface area contributed by atoms with E-state index in [1.807, 2.05) is 0 Å². The third-order valence-electron chi connectivity index (χ3n) is 2.61. The Hall–Kier alpha value is -1.08. The quantitative estimate of drug-likeness (QED) is 0.760. The molecule has 0 bridgehead atoms. The zero-order valence-electron chi connectivity index (χ0n) is 9.52. The number of hydrogen-bond donors (Lipinski definition) is 1. The molecule has 1 heteroatoms. The molecule has 0 heterocycles. The van der Waals surface area contributed by atoms with Gasteiger partial charge in [-0.1, -0.05) is 23.8 Å². The van der Waals surface area contributed by atoms with E-state index in [4.69, 9.17) is 5.73 Å². The first-order valence-corrected chi connectivity index (χ1v) is 4.99. The lowest BCUT2D eigenvalue weighted by Gasteiger charge is -2.07. The van der Waals surface area contributed by atoms with Gasteiger partial charge in [0.05, 0.1) is 0 Å². The molecule has 0 radical (unpaired) electrons. The Kier molecular flexibility index (Phi) is 3.48. The maximum Gasteiger partial charge on any atom is 0.0137 e. The van der Waals surface area contributed by atoms with E-state index in [-0.39, 0.29) is 0 Å². The molecule has 0 aliphatic rings. The lowest BCUT2D eigenvalue weighted by Crippen LogP contribution is -1.99. The van der Waals surface area contributed by atoms with Crippen LogP contribution in [0.3, 0.4) is 0 Å². The number of nitrogens with two attached hydrogens (primary N) is 1. The summed E-state index contributed by atoms with van der Waals surface area (Å²) in [6, 6.07) is 4.45. The first-order valence-electron chi connectivity index (χ1n) is 4.99. The molecule has 0 aromatic heterocycles. The smallest absolute Gasteiger partial charge is 0.0137 e. The van der Waals surface area contributed by atoms with E-state index in [1.165, 1.54) is 27.8 Å². The Morgan fingerprint density at radius 1 is 1.14 bits per heavy atom. The molecule has 0 aliphatic carbocycles. The Balaban J connectivity index is 3.16. The van der Waals surface area contributed by atoms with Gasteiger partial charge in [0.15, 0.2) is 0 Å². The number of rotatable bonds is 2. The zero-order chi connectivity index (χ0) is 10.7. The summed E-state index contributed by atoms with van der Waals surface area (Å²) in [6.07, 6.45) is 2.17. The molecule has 2 N–H and O–H groups in total. The van der Waals surface area contributed by atoms with Gasteiger partial charge in [-0.2, -0.15) is 0 Å². The van der Waals surface area contributed by atoms with Crippen LogP contribution in [0.25, 0.3) is 6.08 Å². The fourth-order valence-corrected chi connectivity index (χ4v) is 1.46. The molecule has 0 aliphatic heterocycles. The van der Waals surface area contributed by atoms with Gasteiger partial charge in [-0.3, -0.25) is 0 Å². The van der Waals surface area contributed by atoms with Crippen molar-refractivity contribution in [3.63, 3.8) is 0 Å². The maximum absolute atomic E-state index is 5.57. The molecule has 14 heavy (non-hydrogen) atoms. The largest absolute Gasteiger partial charge is 0.327 e. The summed E-state index contributed by atoms with van der Waals surface area (Å²) in [5.41, 5.74) is 12.1. The minimum absolute atomic E-state index is 0.631. The average molecular weight is 189 g/mol. The van der Waals surface area contributed by atoms with Crippen molar-refractivity contribution < 1.29 is 0 Å². The van der Waals surface area contributed by atoms with E-state index in [0.29, 0.717) is 6.54 Å². The summed E-state index contributed by atoms with van der Waals surface area (Å²) in [6.45, 7) is 9.12. The SMILES string of the molecule is CC(=Cc1cc(C)c(C)cc1C)CN. The highest BCUT2D eigenvalue weighted by Gasteiger charge is 1.99. The van der Waals surface area contributed by atoms with Crippen LogP contribution in [0.4, 0.5) is 0 Å². The predicted molar refractivity (Wildman–Crippen MR) is 63.4 cm³/mol. The van der Waals surface area contributed by atoms with E-state index in [0.717, 1.165) is 0 Å². The van der Waals surface area contributed by atoms with Crippen LogP contribution in [-0.2, 0) is 0 Å². The fraction of sp³-hybridized carbons (Fsp3) is 0.385. The third-order valence-corrected chi connectivity index (χ3v) is 2.61. The molecule has 1 nitrogen and oxygen atoms in total. The molecule has 1 rings (SSSR count). The molecule has 0 unspecified atom stereocenters. The minimum Gasteiger partial charge on any atom is -0.327 e. The first kappa shape index (κ1) is 11.0. The molecule has 0 saturated carbocycles.